The topological polar surface area (TPSA) is 27.7 Å². The normalized spacial score (nSPS) is 25.3. The molecule has 1 aliphatic carbocycles. The van der Waals surface area contributed by atoms with Crippen molar-refractivity contribution in [1.29, 1.82) is 0 Å². The van der Waals surface area contributed by atoms with Crippen LogP contribution in [0.3, 0.4) is 0 Å². The van der Waals surface area contributed by atoms with Gasteiger partial charge in [0.1, 0.15) is 11.5 Å². The molecule has 0 N–H and O–H groups in total. The second-order valence-corrected chi connectivity index (χ2v) is 9.40. The molecule has 0 fully saturated rings. The molecule has 3 unspecified atom stereocenters. The Morgan fingerprint density at radius 3 is 2.62 bits per heavy atom. The highest BCUT2D eigenvalue weighted by Gasteiger charge is 2.42. The Balaban J connectivity index is 2.00. The van der Waals surface area contributed by atoms with Crippen LogP contribution in [-0.2, 0) is 9.26 Å². The zero-order chi connectivity index (χ0) is 18.5. The first-order valence-electron chi connectivity index (χ1n) is 8.68. The summed E-state index contributed by atoms with van der Waals surface area (Å²) in [5.41, 5.74) is 2.10. The van der Waals surface area contributed by atoms with Gasteiger partial charge in [0.2, 0.25) is 0 Å². The fourth-order valence-corrected chi connectivity index (χ4v) is 4.98. The molecule has 0 saturated heterocycles. The van der Waals surface area contributed by atoms with Crippen molar-refractivity contribution in [1.82, 2.24) is 0 Å². The molecular formula is C21H22ClO3P. The lowest BCUT2D eigenvalue weighted by atomic mass is 9.71. The summed E-state index contributed by atoms with van der Waals surface area (Å²) in [6.07, 6.45) is 4.03. The number of benzene rings is 2. The van der Waals surface area contributed by atoms with Crippen LogP contribution in [0, 0.1) is 11.3 Å². The summed E-state index contributed by atoms with van der Waals surface area (Å²) >= 11 is 6.45. The Bertz CT molecular complexity index is 913. The van der Waals surface area contributed by atoms with Crippen molar-refractivity contribution in [3.8, 4) is 5.75 Å². The molecule has 136 valence electrons. The molecule has 1 heterocycles. The number of hydrogen-bond acceptors (Lipinski definition) is 3. The zero-order valence-corrected chi connectivity index (χ0v) is 17.0. The van der Waals surface area contributed by atoms with Crippen LogP contribution >= 0.6 is 19.0 Å². The summed E-state index contributed by atoms with van der Waals surface area (Å²) in [6.45, 7) is 6.63. The Labute approximate surface area is 160 Å². The van der Waals surface area contributed by atoms with Crippen LogP contribution in [-0.4, -0.2) is 13.2 Å². The van der Waals surface area contributed by atoms with Crippen LogP contribution in [0.2, 0.25) is 0 Å². The van der Waals surface area contributed by atoms with E-state index in [4.69, 9.17) is 25.0 Å². The maximum atomic E-state index is 6.45. The molecule has 26 heavy (non-hydrogen) atoms. The largest absolute Gasteiger partial charge is 0.497 e. The van der Waals surface area contributed by atoms with E-state index in [0.29, 0.717) is 0 Å². The van der Waals surface area contributed by atoms with E-state index in [2.05, 4.69) is 51.1 Å². The number of halogens is 1. The molecule has 0 spiro atoms. The number of methoxy groups -OCH3 is 1. The van der Waals surface area contributed by atoms with Crippen LogP contribution < -0.4 is 4.52 Å². The van der Waals surface area contributed by atoms with E-state index in [1.807, 2.05) is 18.2 Å². The van der Waals surface area contributed by atoms with Crippen molar-refractivity contribution in [2.24, 2.45) is 11.3 Å². The van der Waals surface area contributed by atoms with E-state index in [-0.39, 0.29) is 17.4 Å². The lowest BCUT2D eigenvalue weighted by molar-refractivity contribution is 0.135. The first-order valence-corrected chi connectivity index (χ1v) is 10.8. The van der Waals surface area contributed by atoms with E-state index < -0.39 is 7.73 Å². The Kier molecular flexibility index (Phi) is 4.51. The van der Waals surface area contributed by atoms with Gasteiger partial charge in [-0.2, -0.15) is 0 Å². The molecule has 0 bridgehead atoms. The highest BCUT2D eigenvalue weighted by molar-refractivity contribution is 7.76. The summed E-state index contributed by atoms with van der Waals surface area (Å²) in [7, 11) is 0.169. The summed E-state index contributed by atoms with van der Waals surface area (Å²) in [5.74, 6) is 1.73. The van der Waals surface area contributed by atoms with Crippen LogP contribution in [0.25, 0.3) is 16.3 Å². The number of ether oxygens (including phenoxy) is 1. The third-order valence-corrected chi connectivity index (χ3v) is 6.24. The van der Waals surface area contributed by atoms with Crippen LogP contribution in [0.5, 0.6) is 5.75 Å². The van der Waals surface area contributed by atoms with Gasteiger partial charge in [0.05, 0.1) is 13.2 Å². The predicted octanol–water partition coefficient (Wildman–Crippen LogP) is 6.67. The van der Waals surface area contributed by atoms with Crippen molar-refractivity contribution in [3.05, 3.63) is 59.9 Å². The van der Waals surface area contributed by atoms with Gasteiger partial charge >= 0.3 is 7.73 Å². The molecule has 2 aromatic rings. The van der Waals surface area contributed by atoms with Gasteiger partial charge in [0.25, 0.3) is 0 Å². The molecule has 5 heteroatoms. The van der Waals surface area contributed by atoms with Gasteiger partial charge in [-0.15, -0.1) is 0 Å². The van der Waals surface area contributed by atoms with Crippen molar-refractivity contribution in [2.75, 3.05) is 7.11 Å². The second kappa shape index (κ2) is 6.56. The molecular weight excluding hydrogens is 367 g/mol. The highest BCUT2D eigenvalue weighted by Crippen LogP contribution is 2.57. The predicted molar refractivity (Wildman–Crippen MR) is 108 cm³/mol. The smallest absolute Gasteiger partial charge is 0.339 e. The lowest BCUT2D eigenvalue weighted by Crippen LogP contribution is -2.34. The summed E-state index contributed by atoms with van der Waals surface area (Å²) < 4.78 is 17.8. The summed E-state index contributed by atoms with van der Waals surface area (Å²) in [4.78, 5) is 0. The Morgan fingerprint density at radius 2 is 1.88 bits per heavy atom. The average Bonchev–Trinajstić information content (AvgIpc) is 2.75. The molecule has 2 aromatic carbocycles. The van der Waals surface area contributed by atoms with E-state index >= 15 is 0 Å². The van der Waals surface area contributed by atoms with E-state index in [1.54, 1.807) is 7.11 Å². The minimum atomic E-state index is -1.53. The zero-order valence-electron chi connectivity index (χ0n) is 15.3. The maximum Gasteiger partial charge on any atom is 0.339 e. The minimum absolute atomic E-state index is 0.0178. The van der Waals surface area contributed by atoms with Gasteiger partial charge in [-0.05, 0) is 51.2 Å². The fourth-order valence-electron chi connectivity index (χ4n) is 3.72. The average molecular weight is 389 g/mol. The van der Waals surface area contributed by atoms with Gasteiger partial charge in [-0.1, -0.05) is 51.1 Å². The maximum absolute atomic E-state index is 6.45. The third kappa shape index (κ3) is 3.03. The molecule has 3 atom stereocenters. The summed E-state index contributed by atoms with van der Waals surface area (Å²) in [6, 6.07) is 12.4. The summed E-state index contributed by atoms with van der Waals surface area (Å²) in [5, 5.41) is 2.30. The molecule has 4 rings (SSSR count). The third-order valence-electron chi connectivity index (χ3n) is 5.06. The van der Waals surface area contributed by atoms with Crippen molar-refractivity contribution in [3.63, 3.8) is 0 Å². The lowest BCUT2D eigenvalue weighted by Gasteiger charge is -2.38. The molecule has 1 aliphatic heterocycles. The van der Waals surface area contributed by atoms with Gasteiger partial charge < -0.3 is 13.8 Å². The first kappa shape index (κ1) is 17.9. The minimum Gasteiger partial charge on any atom is -0.497 e. The van der Waals surface area contributed by atoms with Crippen LogP contribution in [0.4, 0.5) is 0 Å². The van der Waals surface area contributed by atoms with Crippen LogP contribution in [0.1, 0.15) is 26.3 Å². The van der Waals surface area contributed by atoms with Gasteiger partial charge in [-0.25, -0.2) is 0 Å². The molecule has 0 amide bonds. The monoisotopic (exact) mass is 388 g/mol. The molecule has 0 aromatic heterocycles. The standard InChI is InChI=1S/C21H22ClO3P/c1-21(2,3)17-12-14(23-4)11-16-19-15-8-6-5-7-13(15)9-10-18(19)24-26(22)25-20(16)17/h5-12,17,20H,1-4H3. The Morgan fingerprint density at radius 1 is 1.12 bits per heavy atom. The first-order chi connectivity index (χ1) is 12.4. The number of allylic oxidation sites excluding steroid dienone is 1. The fraction of sp³-hybridized carbons (Fsp3) is 0.333. The van der Waals surface area contributed by atoms with E-state index in [0.717, 1.165) is 33.4 Å². The number of fused-ring (bicyclic) bond motifs is 5. The van der Waals surface area contributed by atoms with E-state index in [1.165, 1.54) is 0 Å². The van der Waals surface area contributed by atoms with Crippen LogP contribution in [0.15, 0.2) is 54.3 Å². The highest BCUT2D eigenvalue weighted by atomic mass is 35.7. The van der Waals surface area contributed by atoms with Gasteiger partial charge in [0, 0.05) is 11.5 Å². The number of rotatable bonds is 1. The van der Waals surface area contributed by atoms with Gasteiger partial charge in [-0.3, -0.25) is 0 Å². The molecule has 0 saturated carbocycles. The number of hydrogen-bond donors (Lipinski definition) is 0. The molecule has 3 nitrogen and oxygen atoms in total. The quantitative estimate of drug-likeness (QED) is 0.510. The van der Waals surface area contributed by atoms with Crippen molar-refractivity contribution >= 4 is 35.3 Å². The van der Waals surface area contributed by atoms with E-state index in [9.17, 15) is 0 Å². The van der Waals surface area contributed by atoms with Crippen molar-refractivity contribution < 1.29 is 13.8 Å². The van der Waals surface area contributed by atoms with Crippen molar-refractivity contribution in [2.45, 2.75) is 26.9 Å². The molecule has 2 aliphatic rings. The second-order valence-electron chi connectivity index (χ2n) is 7.75. The van der Waals surface area contributed by atoms with Gasteiger partial charge in [0.15, 0.2) is 0 Å². The Hall–Kier alpha value is -1.54. The SMILES string of the molecule is COC1=CC(C(C)(C)C)C2OP(Cl)Oc3ccc4ccccc4c3C2=C1. The molecule has 0 radical (unpaired) electrons.